The van der Waals surface area contributed by atoms with Crippen LogP contribution in [0.2, 0.25) is 0 Å². The number of nitrogens with zero attached hydrogens (tertiary/aromatic N) is 6. The number of carbonyl (C=O) groups excluding carboxylic acids is 1. The van der Waals surface area contributed by atoms with E-state index in [1.165, 1.54) is 12.1 Å². The molecule has 1 saturated heterocycles. The van der Waals surface area contributed by atoms with E-state index >= 15 is 0 Å². The molecule has 0 radical (unpaired) electrons. The number of aryl methyl sites for hydroxylation is 1. The Bertz CT molecular complexity index is 1040. The van der Waals surface area contributed by atoms with Gasteiger partial charge in [-0.3, -0.25) is 14.9 Å². The fourth-order valence-corrected chi connectivity index (χ4v) is 3.59. The normalized spacial score (nSPS) is 14.0. The van der Waals surface area contributed by atoms with Crippen LogP contribution in [0, 0.1) is 17.0 Å². The van der Waals surface area contributed by atoms with Gasteiger partial charge in [0.05, 0.1) is 4.92 Å². The fraction of sp³-hybridized carbons (Fsp3) is 0.286. The van der Waals surface area contributed by atoms with Crippen molar-refractivity contribution in [3.05, 3.63) is 70.5 Å². The first-order chi connectivity index (χ1) is 14.5. The summed E-state index contributed by atoms with van der Waals surface area (Å²) in [6.45, 7) is 4.48. The van der Waals surface area contributed by atoms with Gasteiger partial charge in [0.1, 0.15) is 12.4 Å². The van der Waals surface area contributed by atoms with Crippen LogP contribution in [0.1, 0.15) is 5.82 Å². The Balaban J connectivity index is 1.39. The fourth-order valence-electron chi connectivity index (χ4n) is 3.59. The molecule has 9 nitrogen and oxygen atoms in total. The molecular formula is C21H22N6O3. The van der Waals surface area contributed by atoms with Gasteiger partial charge in [-0.2, -0.15) is 5.10 Å². The summed E-state index contributed by atoms with van der Waals surface area (Å²) in [5.41, 5.74) is 1.92. The van der Waals surface area contributed by atoms with E-state index in [-0.39, 0.29) is 18.1 Å². The second-order valence-electron chi connectivity index (χ2n) is 7.15. The van der Waals surface area contributed by atoms with Crippen molar-refractivity contribution >= 4 is 17.3 Å². The Morgan fingerprint density at radius 2 is 1.70 bits per heavy atom. The monoisotopic (exact) mass is 406 g/mol. The maximum absolute atomic E-state index is 12.9. The predicted octanol–water partition coefficient (Wildman–Crippen LogP) is 2.51. The van der Waals surface area contributed by atoms with Gasteiger partial charge in [-0.25, -0.2) is 9.67 Å². The van der Waals surface area contributed by atoms with Gasteiger partial charge in [0.15, 0.2) is 5.82 Å². The molecule has 1 aliphatic heterocycles. The van der Waals surface area contributed by atoms with E-state index in [2.05, 4.69) is 15.0 Å². The Labute approximate surface area is 173 Å². The molecule has 0 unspecified atom stereocenters. The zero-order valence-electron chi connectivity index (χ0n) is 16.6. The van der Waals surface area contributed by atoms with Crippen LogP contribution in [0.3, 0.4) is 0 Å². The minimum absolute atomic E-state index is 0.000399. The quantitative estimate of drug-likeness (QED) is 0.477. The summed E-state index contributed by atoms with van der Waals surface area (Å²) in [6.07, 6.45) is 0. The van der Waals surface area contributed by atoms with E-state index in [9.17, 15) is 14.9 Å². The zero-order chi connectivity index (χ0) is 21.1. The largest absolute Gasteiger partial charge is 0.368 e. The number of non-ortho nitro benzene ring substituents is 1. The van der Waals surface area contributed by atoms with Crippen molar-refractivity contribution in [3.63, 3.8) is 0 Å². The Morgan fingerprint density at radius 3 is 2.33 bits per heavy atom. The number of hydrogen-bond acceptors (Lipinski definition) is 6. The summed E-state index contributed by atoms with van der Waals surface area (Å²) in [4.78, 5) is 31.7. The third kappa shape index (κ3) is 4.14. The van der Waals surface area contributed by atoms with Gasteiger partial charge in [0.25, 0.3) is 5.69 Å². The SMILES string of the molecule is Cc1nc(-c2ccccc2)n(CC(=O)N2CCN(c3ccc([N+](=O)[O-])cc3)CC2)n1. The number of nitro groups is 1. The van der Waals surface area contributed by atoms with Gasteiger partial charge >= 0.3 is 0 Å². The van der Waals surface area contributed by atoms with Crippen molar-refractivity contribution in [1.29, 1.82) is 0 Å². The molecule has 1 aliphatic rings. The summed E-state index contributed by atoms with van der Waals surface area (Å²) >= 11 is 0. The van der Waals surface area contributed by atoms with Crippen LogP contribution in [-0.4, -0.2) is 56.7 Å². The second kappa shape index (κ2) is 8.32. The molecule has 30 heavy (non-hydrogen) atoms. The molecule has 0 bridgehead atoms. The van der Waals surface area contributed by atoms with Crippen molar-refractivity contribution in [2.24, 2.45) is 0 Å². The number of piperazine rings is 1. The summed E-state index contributed by atoms with van der Waals surface area (Å²) in [5, 5.41) is 15.2. The first-order valence-corrected chi connectivity index (χ1v) is 9.75. The van der Waals surface area contributed by atoms with Crippen LogP contribution in [0.5, 0.6) is 0 Å². The van der Waals surface area contributed by atoms with Crippen LogP contribution >= 0.6 is 0 Å². The third-order valence-electron chi connectivity index (χ3n) is 5.15. The van der Waals surface area contributed by atoms with Gasteiger partial charge in [0.2, 0.25) is 5.91 Å². The zero-order valence-corrected chi connectivity index (χ0v) is 16.6. The lowest BCUT2D eigenvalue weighted by Crippen LogP contribution is -2.49. The van der Waals surface area contributed by atoms with Crippen LogP contribution in [0.4, 0.5) is 11.4 Å². The number of hydrogen-bond donors (Lipinski definition) is 0. The molecule has 1 fully saturated rings. The van der Waals surface area contributed by atoms with Crippen molar-refractivity contribution < 1.29 is 9.72 Å². The van der Waals surface area contributed by atoms with Crippen molar-refractivity contribution in [2.45, 2.75) is 13.5 Å². The highest BCUT2D eigenvalue weighted by Crippen LogP contribution is 2.21. The number of amides is 1. The van der Waals surface area contributed by atoms with E-state index in [0.29, 0.717) is 37.8 Å². The third-order valence-corrected chi connectivity index (χ3v) is 5.15. The summed E-state index contributed by atoms with van der Waals surface area (Å²) in [6, 6.07) is 16.2. The maximum Gasteiger partial charge on any atom is 0.269 e. The predicted molar refractivity (Wildman–Crippen MR) is 112 cm³/mol. The number of aromatic nitrogens is 3. The molecule has 0 N–H and O–H groups in total. The molecule has 0 saturated carbocycles. The molecule has 0 atom stereocenters. The average Bonchev–Trinajstić information content (AvgIpc) is 3.14. The van der Waals surface area contributed by atoms with Gasteiger partial charge < -0.3 is 9.80 Å². The molecule has 154 valence electrons. The van der Waals surface area contributed by atoms with Crippen molar-refractivity contribution in [1.82, 2.24) is 19.7 Å². The molecule has 0 spiro atoms. The lowest BCUT2D eigenvalue weighted by atomic mass is 10.2. The van der Waals surface area contributed by atoms with Crippen molar-refractivity contribution in [2.75, 3.05) is 31.1 Å². The number of rotatable bonds is 5. The molecule has 1 aromatic heterocycles. The standard InChI is InChI=1S/C21H22N6O3/c1-16-22-21(17-5-3-2-4-6-17)26(23-16)15-20(28)25-13-11-24(12-14-25)18-7-9-19(10-8-18)27(29)30/h2-10H,11-15H2,1H3. The molecule has 9 heteroatoms. The maximum atomic E-state index is 12.9. The van der Waals surface area contributed by atoms with E-state index in [0.717, 1.165) is 11.3 Å². The molecule has 1 amide bonds. The highest BCUT2D eigenvalue weighted by atomic mass is 16.6. The molecule has 2 aromatic carbocycles. The summed E-state index contributed by atoms with van der Waals surface area (Å²) in [5.74, 6) is 1.32. The Hall–Kier alpha value is -3.75. The van der Waals surface area contributed by atoms with Gasteiger partial charge in [-0.05, 0) is 19.1 Å². The number of anilines is 1. The first-order valence-electron chi connectivity index (χ1n) is 9.75. The van der Waals surface area contributed by atoms with Gasteiger partial charge in [-0.1, -0.05) is 30.3 Å². The summed E-state index contributed by atoms with van der Waals surface area (Å²) in [7, 11) is 0. The highest BCUT2D eigenvalue weighted by molar-refractivity contribution is 5.77. The van der Waals surface area contributed by atoms with Crippen molar-refractivity contribution in [3.8, 4) is 11.4 Å². The minimum Gasteiger partial charge on any atom is -0.368 e. The molecule has 0 aliphatic carbocycles. The molecular weight excluding hydrogens is 384 g/mol. The molecule has 4 rings (SSSR count). The van der Waals surface area contributed by atoms with E-state index in [1.54, 1.807) is 16.8 Å². The molecule has 2 heterocycles. The number of carbonyl (C=O) groups is 1. The van der Waals surface area contributed by atoms with Crippen LogP contribution < -0.4 is 4.90 Å². The lowest BCUT2D eigenvalue weighted by molar-refractivity contribution is -0.384. The van der Waals surface area contributed by atoms with Gasteiger partial charge in [0, 0.05) is 49.6 Å². The Morgan fingerprint density at radius 1 is 1.03 bits per heavy atom. The van der Waals surface area contributed by atoms with E-state index in [1.807, 2.05) is 42.2 Å². The smallest absolute Gasteiger partial charge is 0.269 e. The van der Waals surface area contributed by atoms with Gasteiger partial charge in [-0.15, -0.1) is 0 Å². The van der Waals surface area contributed by atoms with Crippen LogP contribution in [0.25, 0.3) is 11.4 Å². The minimum atomic E-state index is -0.407. The second-order valence-corrected chi connectivity index (χ2v) is 7.15. The lowest BCUT2D eigenvalue weighted by Gasteiger charge is -2.36. The topological polar surface area (TPSA) is 97.4 Å². The molecule has 3 aromatic rings. The summed E-state index contributed by atoms with van der Waals surface area (Å²) < 4.78 is 1.66. The van der Waals surface area contributed by atoms with Crippen LogP contribution in [0.15, 0.2) is 54.6 Å². The Kier molecular flexibility index (Phi) is 5.42. The highest BCUT2D eigenvalue weighted by Gasteiger charge is 2.23. The average molecular weight is 406 g/mol. The number of nitro benzene ring substituents is 1. The number of benzene rings is 2. The van der Waals surface area contributed by atoms with E-state index < -0.39 is 4.92 Å². The van der Waals surface area contributed by atoms with Crippen LogP contribution in [-0.2, 0) is 11.3 Å². The first kappa shape index (κ1) is 19.6. The van der Waals surface area contributed by atoms with E-state index in [4.69, 9.17) is 0 Å².